The first kappa shape index (κ1) is 18.6. The second-order valence-electron chi connectivity index (χ2n) is 6.72. The first-order valence-electron chi connectivity index (χ1n) is 8.80. The van der Waals surface area contributed by atoms with Crippen molar-refractivity contribution in [1.29, 1.82) is 0 Å². The Morgan fingerprint density at radius 1 is 1.20 bits per heavy atom. The number of fused-ring (bicyclic) bond motifs is 4. The predicted molar refractivity (Wildman–Crippen MR) is 112 cm³/mol. The molecule has 0 spiro atoms. The fourth-order valence-corrected chi connectivity index (χ4v) is 5.23. The van der Waals surface area contributed by atoms with Crippen LogP contribution in [0.3, 0.4) is 0 Å². The third-order valence-corrected chi connectivity index (χ3v) is 7.00. The molecule has 30 heavy (non-hydrogen) atoms. The maximum atomic E-state index is 12.7. The minimum Gasteiger partial charge on any atom is -0.453 e. The van der Waals surface area contributed by atoms with Crippen molar-refractivity contribution in [2.24, 2.45) is 14.1 Å². The van der Waals surface area contributed by atoms with Crippen LogP contribution in [0.25, 0.3) is 26.2 Å². The van der Waals surface area contributed by atoms with Gasteiger partial charge in [-0.05, 0) is 23.9 Å². The number of rotatable bonds is 3. The van der Waals surface area contributed by atoms with Crippen LogP contribution in [0.2, 0.25) is 0 Å². The molecule has 0 aliphatic rings. The molecule has 0 saturated carbocycles. The van der Waals surface area contributed by atoms with Gasteiger partial charge in [-0.15, -0.1) is 32.9 Å². The molecule has 12 heteroatoms. The van der Waals surface area contributed by atoms with Crippen molar-refractivity contribution in [1.82, 2.24) is 28.7 Å². The van der Waals surface area contributed by atoms with Gasteiger partial charge in [0.2, 0.25) is 5.78 Å². The van der Waals surface area contributed by atoms with Gasteiger partial charge in [-0.3, -0.25) is 18.6 Å². The molecule has 5 aromatic rings. The maximum absolute atomic E-state index is 12.7. The average molecular weight is 442 g/mol. The zero-order chi connectivity index (χ0) is 21.2. The van der Waals surface area contributed by atoms with E-state index in [0.717, 1.165) is 11.3 Å². The molecule has 0 amide bonds. The van der Waals surface area contributed by atoms with E-state index >= 15 is 0 Å². The van der Waals surface area contributed by atoms with E-state index < -0.39 is 5.97 Å². The number of hydrogen-bond acceptors (Lipinski definition) is 9. The topological polar surface area (TPSA) is 113 Å². The summed E-state index contributed by atoms with van der Waals surface area (Å²) in [4.78, 5) is 42.5. The molecular weight excluding hydrogens is 428 g/mol. The Morgan fingerprint density at radius 2 is 2.00 bits per heavy atom. The van der Waals surface area contributed by atoms with Crippen LogP contribution in [0.1, 0.15) is 21.1 Å². The van der Waals surface area contributed by atoms with Crippen molar-refractivity contribution in [2.45, 2.75) is 13.5 Å². The standard InChI is InChI=1S/C18H14N6O4S2/c1-8-11-14(19-7-22(2)15(11)25)30-12(8)17(27)28-6-10-20-21-18-23(3)16(26)13-9(24(10)18)4-5-29-13/h4-5,7H,6H2,1-3H3. The minimum atomic E-state index is -0.569. The number of hydrogen-bond donors (Lipinski definition) is 0. The molecule has 0 bridgehead atoms. The van der Waals surface area contributed by atoms with Crippen molar-refractivity contribution in [3.63, 3.8) is 0 Å². The van der Waals surface area contributed by atoms with Crippen molar-refractivity contribution in [2.75, 3.05) is 0 Å². The second-order valence-corrected chi connectivity index (χ2v) is 8.64. The molecule has 0 fully saturated rings. The van der Waals surface area contributed by atoms with Crippen molar-refractivity contribution < 1.29 is 9.53 Å². The number of carbonyl (C=O) groups excluding carboxylic acids is 1. The van der Waals surface area contributed by atoms with Gasteiger partial charge < -0.3 is 9.30 Å². The van der Waals surface area contributed by atoms with E-state index in [-0.39, 0.29) is 17.7 Å². The molecule has 0 aliphatic carbocycles. The van der Waals surface area contributed by atoms with Crippen LogP contribution in [0.15, 0.2) is 27.4 Å². The van der Waals surface area contributed by atoms with Gasteiger partial charge in [-0.25, -0.2) is 9.78 Å². The molecule has 0 N–H and O–H groups in total. The molecule has 0 unspecified atom stereocenters. The van der Waals surface area contributed by atoms with Gasteiger partial charge in [-0.1, -0.05) is 0 Å². The lowest BCUT2D eigenvalue weighted by Gasteiger charge is -2.06. The van der Waals surface area contributed by atoms with Crippen molar-refractivity contribution in [3.8, 4) is 0 Å². The van der Waals surface area contributed by atoms with E-state index in [1.54, 1.807) is 31.5 Å². The van der Waals surface area contributed by atoms with Crippen molar-refractivity contribution in [3.05, 3.63) is 54.7 Å². The number of nitrogens with zero attached hydrogens (tertiary/aromatic N) is 6. The molecule has 5 aromatic heterocycles. The Kier molecular flexibility index (Phi) is 4.08. The SMILES string of the molecule is Cc1c(C(=O)OCc2nnc3n(C)c(=O)c4sccc4n23)sc2ncn(C)c(=O)c12. The van der Waals surface area contributed by atoms with Crippen molar-refractivity contribution >= 4 is 54.9 Å². The zero-order valence-electron chi connectivity index (χ0n) is 16.1. The molecule has 0 aliphatic heterocycles. The van der Waals surface area contributed by atoms with Gasteiger partial charge in [0.15, 0.2) is 12.4 Å². The number of thiophene rings is 2. The number of esters is 1. The van der Waals surface area contributed by atoms with E-state index in [2.05, 4.69) is 15.2 Å². The van der Waals surface area contributed by atoms with Crippen LogP contribution in [-0.2, 0) is 25.4 Å². The average Bonchev–Trinajstić information content (AvgIpc) is 3.44. The van der Waals surface area contributed by atoms with Gasteiger partial charge >= 0.3 is 5.97 Å². The van der Waals surface area contributed by atoms with E-state index in [1.165, 1.54) is 26.8 Å². The fraction of sp³-hybridized carbons (Fsp3) is 0.222. The van der Waals surface area contributed by atoms with Crippen LogP contribution in [-0.4, -0.2) is 34.7 Å². The third-order valence-electron chi connectivity index (χ3n) is 4.93. The summed E-state index contributed by atoms with van der Waals surface area (Å²) in [5.41, 5.74) is 0.845. The molecule has 152 valence electrons. The lowest BCUT2D eigenvalue weighted by Crippen LogP contribution is -2.19. The van der Waals surface area contributed by atoms with E-state index in [9.17, 15) is 14.4 Å². The van der Waals surface area contributed by atoms with Gasteiger partial charge in [0, 0.05) is 14.1 Å². The summed E-state index contributed by atoms with van der Waals surface area (Å²) in [6.45, 7) is 1.57. The minimum absolute atomic E-state index is 0.137. The molecule has 5 heterocycles. The normalized spacial score (nSPS) is 11.7. The molecule has 10 nitrogen and oxygen atoms in total. The van der Waals surface area contributed by atoms with Crippen LogP contribution in [0, 0.1) is 6.92 Å². The Labute approximate surface area is 175 Å². The highest BCUT2D eigenvalue weighted by Gasteiger charge is 2.22. The number of ether oxygens (including phenoxy) is 1. The third kappa shape index (κ3) is 2.53. The lowest BCUT2D eigenvalue weighted by atomic mass is 10.2. The summed E-state index contributed by atoms with van der Waals surface area (Å²) in [7, 11) is 3.23. The van der Waals surface area contributed by atoms with Crippen LogP contribution in [0.4, 0.5) is 0 Å². The van der Waals surface area contributed by atoms with Gasteiger partial charge in [0.1, 0.15) is 14.4 Å². The second kappa shape index (κ2) is 6.57. The number of aryl methyl sites for hydroxylation is 3. The van der Waals surface area contributed by atoms with E-state index in [4.69, 9.17) is 4.74 Å². The number of carbonyl (C=O) groups is 1. The largest absolute Gasteiger partial charge is 0.453 e. The monoisotopic (exact) mass is 442 g/mol. The molecule has 0 radical (unpaired) electrons. The van der Waals surface area contributed by atoms with Crippen LogP contribution < -0.4 is 11.1 Å². The highest BCUT2D eigenvalue weighted by Crippen LogP contribution is 2.27. The summed E-state index contributed by atoms with van der Waals surface area (Å²) >= 11 is 2.45. The van der Waals surface area contributed by atoms with Gasteiger partial charge in [0.25, 0.3) is 11.1 Å². The van der Waals surface area contributed by atoms with Crippen LogP contribution in [0.5, 0.6) is 0 Å². The highest BCUT2D eigenvalue weighted by atomic mass is 32.1. The fourth-order valence-electron chi connectivity index (χ4n) is 3.35. The number of aromatic nitrogens is 6. The van der Waals surface area contributed by atoms with Crippen LogP contribution >= 0.6 is 22.7 Å². The first-order valence-corrected chi connectivity index (χ1v) is 10.5. The Balaban J connectivity index is 1.52. The molecular formula is C18H14N6O4S2. The molecule has 0 atom stereocenters. The summed E-state index contributed by atoms with van der Waals surface area (Å²) in [6, 6.07) is 1.81. The van der Waals surface area contributed by atoms with Gasteiger partial charge in [0.05, 0.1) is 17.2 Å². The first-order chi connectivity index (χ1) is 14.4. The Morgan fingerprint density at radius 3 is 2.80 bits per heavy atom. The van der Waals surface area contributed by atoms with Gasteiger partial charge in [-0.2, -0.15) is 0 Å². The summed E-state index contributed by atoms with van der Waals surface area (Å²) in [5, 5.41) is 10.4. The zero-order valence-corrected chi connectivity index (χ0v) is 17.7. The predicted octanol–water partition coefficient (Wildman–Crippen LogP) is 1.62. The summed E-state index contributed by atoms with van der Waals surface area (Å²) < 4.78 is 10.5. The summed E-state index contributed by atoms with van der Waals surface area (Å²) in [6.07, 6.45) is 1.43. The Hall–Kier alpha value is -3.38. The molecule has 0 aromatic carbocycles. The smallest absolute Gasteiger partial charge is 0.349 e. The molecule has 5 rings (SSSR count). The van der Waals surface area contributed by atoms with E-state index in [0.29, 0.717) is 42.5 Å². The summed E-state index contributed by atoms with van der Waals surface area (Å²) in [5.74, 6) is 0.188. The quantitative estimate of drug-likeness (QED) is 0.390. The van der Waals surface area contributed by atoms with E-state index in [1.807, 2.05) is 5.38 Å². The molecule has 0 saturated heterocycles. The highest BCUT2D eigenvalue weighted by molar-refractivity contribution is 7.20. The maximum Gasteiger partial charge on any atom is 0.349 e. The Bertz CT molecular complexity index is 1600. The lowest BCUT2D eigenvalue weighted by molar-refractivity contribution is 0.0466.